The van der Waals surface area contributed by atoms with Gasteiger partial charge in [0.2, 0.25) is 0 Å². The standard InChI is InChI=1S/C17H19N5O4/c23-10-15(25)13-7-12-9-20(4-5-22(12)19-13)8-11-6-16(26)21-3-1-2-14(24)17(21)18-11/h1-3,6-7,15,23-25H,4-5,8-10H2/t15-/m0/s1. The molecule has 0 saturated heterocycles. The van der Waals surface area contributed by atoms with E-state index in [4.69, 9.17) is 5.11 Å². The Morgan fingerprint density at radius 2 is 2.12 bits per heavy atom. The van der Waals surface area contributed by atoms with Crippen LogP contribution in [0.15, 0.2) is 35.3 Å². The third-order valence-corrected chi connectivity index (χ3v) is 4.52. The van der Waals surface area contributed by atoms with E-state index in [2.05, 4.69) is 15.0 Å². The van der Waals surface area contributed by atoms with Crippen molar-refractivity contribution in [2.45, 2.75) is 25.7 Å². The van der Waals surface area contributed by atoms with E-state index in [1.165, 1.54) is 16.5 Å². The molecular weight excluding hydrogens is 338 g/mol. The van der Waals surface area contributed by atoms with Gasteiger partial charge in [-0.2, -0.15) is 5.10 Å². The van der Waals surface area contributed by atoms with Crippen LogP contribution in [0.2, 0.25) is 0 Å². The van der Waals surface area contributed by atoms with Crippen LogP contribution in [0.3, 0.4) is 0 Å². The lowest BCUT2D eigenvalue weighted by molar-refractivity contribution is 0.0915. The Labute approximate surface area is 148 Å². The molecule has 3 N–H and O–H groups in total. The number of hydrogen-bond donors (Lipinski definition) is 3. The number of rotatable bonds is 4. The molecule has 136 valence electrons. The lowest BCUT2D eigenvalue weighted by atomic mass is 10.2. The molecule has 0 radical (unpaired) electrons. The monoisotopic (exact) mass is 357 g/mol. The van der Waals surface area contributed by atoms with Gasteiger partial charge in [0, 0.05) is 31.9 Å². The zero-order valence-corrected chi connectivity index (χ0v) is 14.0. The Kier molecular flexibility index (Phi) is 4.19. The molecule has 0 unspecified atom stereocenters. The Hall–Kier alpha value is -2.75. The van der Waals surface area contributed by atoms with Gasteiger partial charge in [-0.1, -0.05) is 0 Å². The SMILES string of the molecule is O=c1cc(CN2CCn3nc([C@@H](O)CO)cc3C2)nc2c(O)cccn12. The minimum atomic E-state index is -0.980. The van der Waals surface area contributed by atoms with Crippen molar-refractivity contribution in [2.24, 2.45) is 0 Å². The van der Waals surface area contributed by atoms with Gasteiger partial charge in [0.15, 0.2) is 11.4 Å². The van der Waals surface area contributed by atoms with E-state index in [9.17, 15) is 15.0 Å². The van der Waals surface area contributed by atoms with Crippen molar-refractivity contribution in [1.82, 2.24) is 24.1 Å². The van der Waals surface area contributed by atoms with Crippen LogP contribution < -0.4 is 5.56 Å². The summed E-state index contributed by atoms with van der Waals surface area (Å²) in [6.45, 7) is 2.04. The van der Waals surface area contributed by atoms with E-state index in [-0.39, 0.29) is 23.6 Å². The minimum Gasteiger partial charge on any atom is -0.504 e. The summed E-state index contributed by atoms with van der Waals surface area (Å²) in [6, 6.07) is 6.34. The van der Waals surface area contributed by atoms with Crippen LogP contribution in [0.5, 0.6) is 5.75 Å². The summed E-state index contributed by atoms with van der Waals surface area (Å²) in [5, 5.41) is 33.0. The van der Waals surface area contributed by atoms with E-state index in [0.717, 1.165) is 5.69 Å². The summed E-state index contributed by atoms with van der Waals surface area (Å²) in [5.74, 6) is -0.0363. The Morgan fingerprint density at radius 3 is 2.92 bits per heavy atom. The fourth-order valence-electron chi connectivity index (χ4n) is 3.20. The number of aromatic nitrogens is 4. The highest BCUT2D eigenvalue weighted by Gasteiger charge is 2.21. The maximum Gasteiger partial charge on any atom is 0.258 e. The van der Waals surface area contributed by atoms with Crippen molar-refractivity contribution in [3.63, 3.8) is 0 Å². The second-order valence-corrected chi connectivity index (χ2v) is 6.37. The van der Waals surface area contributed by atoms with Crippen LogP contribution in [0.1, 0.15) is 23.2 Å². The summed E-state index contributed by atoms with van der Waals surface area (Å²) in [5.41, 5.74) is 1.97. The fourth-order valence-corrected chi connectivity index (χ4v) is 3.20. The average molecular weight is 357 g/mol. The van der Waals surface area contributed by atoms with Gasteiger partial charge >= 0.3 is 0 Å². The minimum absolute atomic E-state index is 0.0363. The van der Waals surface area contributed by atoms with Crippen LogP contribution >= 0.6 is 0 Å². The zero-order chi connectivity index (χ0) is 18.3. The van der Waals surface area contributed by atoms with E-state index in [1.807, 2.05) is 4.68 Å². The first-order chi connectivity index (χ1) is 12.5. The van der Waals surface area contributed by atoms with Crippen LogP contribution in [-0.4, -0.2) is 52.5 Å². The number of aliphatic hydroxyl groups excluding tert-OH is 2. The van der Waals surface area contributed by atoms with Crippen molar-refractivity contribution >= 4 is 5.65 Å². The molecule has 4 rings (SSSR count). The zero-order valence-electron chi connectivity index (χ0n) is 14.0. The molecule has 26 heavy (non-hydrogen) atoms. The molecular formula is C17H19N5O4. The molecule has 1 aliphatic heterocycles. The Balaban J connectivity index is 1.57. The van der Waals surface area contributed by atoms with Gasteiger partial charge in [-0.15, -0.1) is 0 Å². The second kappa shape index (κ2) is 6.52. The van der Waals surface area contributed by atoms with Crippen molar-refractivity contribution in [2.75, 3.05) is 13.2 Å². The summed E-state index contributed by atoms with van der Waals surface area (Å²) >= 11 is 0. The maximum atomic E-state index is 12.2. The molecule has 9 heteroatoms. The van der Waals surface area contributed by atoms with Crippen LogP contribution in [0, 0.1) is 0 Å². The van der Waals surface area contributed by atoms with Crippen molar-refractivity contribution in [3.05, 3.63) is 57.9 Å². The lowest BCUT2D eigenvalue weighted by Gasteiger charge is -2.27. The van der Waals surface area contributed by atoms with E-state index in [1.54, 1.807) is 18.3 Å². The van der Waals surface area contributed by atoms with E-state index < -0.39 is 6.10 Å². The van der Waals surface area contributed by atoms with Gasteiger partial charge in [0.25, 0.3) is 5.56 Å². The largest absolute Gasteiger partial charge is 0.504 e. The molecule has 4 heterocycles. The summed E-state index contributed by atoms with van der Waals surface area (Å²) in [6.07, 6.45) is 0.591. The highest BCUT2D eigenvalue weighted by molar-refractivity contribution is 5.52. The molecule has 9 nitrogen and oxygen atoms in total. The molecule has 0 amide bonds. The molecule has 1 aliphatic rings. The van der Waals surface area contributed by atoms with E-state index >= 15 is 0 Å². The highest BCUT2D eigenvalue weighted by Crippen LogP contribution is 2.20. The first-order valence-electron chi connectivity index (χ1n) is 8.33. The predicted octanol–water partition coefficient (Wildman–Crippen LogP) is -0.362. The topological polar surface area (TPSA) is 116 Å². The van der Waals surface area contributed by atoms with Gasteiger partial charge < -0.3 is 15.3 Å². The Bertz CT molecular complexity index is 1010. The van der Waals surface area contributed by atoms with E-state index in [0.29, 0.717) is 37.6 Å². The average Bonchev–Trinajstić information content (AvgIpc) is 3.05. The van der Waals surface area contributed by atoms with Gasteiger partial charge in [0.1, 0.15) is 6.10 Å². The fraction of sp³-hybridized carbons (Fsp3) is 0.353. The van der Waals surface area contributed by atoms with Gasteiger partial charge in [-0.3, -0.25) is 18.8 Å². The normalized spacial score (nSPS) is 15.9. The molecule has 0 fully saturated rings. The number of aliphatic hydroxyl groups is 2. The molecule has 3 aromatic rings. The van der Waals surface area contributed by atoms with Crippen molar-refractivity contribution in [3.8, 4) is 5.75 Å². The van der Waals surface area contributed by atoms with Crippen LogP contribution in [0.4, 0.5) is 0 Å². The molecule has 0 saturated carbocycles. The molecule has 3 aromatic heterocycles. The maximum absolute atomic E-state index is 12.2. The lowest BCUT2D eigenvalue weighted by Crippen LogP contribution is -2.34. The van der Waals surface area contributed by atoms with Crippen molar-refractivity contribution in [1.29, 1.82) is 0 Å². The molecule has 0 spiro atoms. The first-order valence-corrected chi connectivity index (χ1v) is 8.33. The highest BCUT2D eigenvalue weighted by atomic mass is 16.3. The smallest absolute Gasteiger partial charge is 0.258 e. The third kappa shape index (κ3) is 2.96. The Morgan fingerprint density at radius 1 is 1.27 bits per heavy atom. The third-order valence-electron chi connectivity index (χ3n) is 4.52. The summed E-state index contributed by atoms with van der Waals surface area (Å²) in [4.78, 5) is 18.8. The molecule has 1 atom stereocenters. The summed E-state index contributed by atoms with van der Waals surface area (Å²) < 4.78 is 3.13. The van der Waals surface area contributed by atoms with Crippen LogP contribution in [0.25, 0.3) is 5.65 Å². The molecule has 0 bridgehead atoms. The predicted molar refractivity (Wildman–Crippen MR) is 91.5 cm³/mol. The summed E-state index contributed by atoms with van der Waals surface area (Å²) in [7, 11) is 0. The quantitative estimate of drug-likeness (QED) is 0.584. The molecule has 0 aromatic carbocycles. The molecule has 0 aliphatic carbocycles. The second-order valence-electron chi connectivity index (χ2n) is 6.37. The van der Waals surface area contributed by atoms with Gasteiger partial charge in [0.05, 0.1) is 30.2 Å². The van der Waals surface area contributed by atoms with Gasteiger partial charge in [-0.05, 0) is 18.2 Å². The van der Waals surface area contributed by atoms with Crippen molar-refractivity contribution < 1.29 is 15.3 Å². The number of pyridine rings is 1. The number of aromatic hydroxyl groups is 1. The number of hydrogen-bond acceptors (Lipinski definition) is 7. The van der Waals surface area contributed by atoms with Gasteiger partial charge in [-0.25, -0.2) is 4.98 Å². The number of fused-ring (bicyclic) bond motifs is 2. The number of nitrogens with zero attached hydrogens (tertiary/aromatic N) is 5. The van der Waals surface area contributed by atoms with Crippen LogP contribution in [-0.2, 0) is 19.6 Å². The first kappa shape index (κ1) is 16.7.